The third-order valence-electron chi connectivity index (χ3n) is 3.75. The highest BCUT2D eigenvalue weighted by molar-refractivity contribution is 6.03. The summed E-state index contributed by atoms with van der Waals surface area (Å²) in [6.45, 7) is 4.88. The van der Waals surface area contributed by atoms with E-state index < -0.39 is 24.3 Å². The third kappa shape index (κ3) is 4.69. The van der Waals surface area contributed by atoms with Crippen LogP contribution < -0.4 is 0 Å². The topological polar surface area (TPSA) is 85.5 Å². The summed E-state index contributed by atoms with van der Waals surface area (Å²) < 4.78 is 9.97. The van der Waals surface area contributed by atoms with Crippen molar-refractivity contribution >= 4 is 23.8 Å². The lowest BCUT2D eigenvalue weighted by Crippen LogP contribution is -2.14. The number of aromatic amines is 1. The Kier molecular flexibility index (Phi) is 6.49. The highest BCUT2D eigenvalue weighted by Gasteiger charge is 2.23. The minimum absolute atomic E-state index is 0.241. The van der Waals surface area contributed by atoms with Crippen LogP contribution in [0.25, 0.3) is 6.08 Å². The van der Waals surface area contributed by atoms with Crippen molar-refractivity contribution in [2.75, 3.05) is 13.2 Å². The van der Waals surface area contributed by atoms with Crippen LogP contribution in [0.4, 0.5) is 0 Å². The maximum absolute atomic E-state index is 12.3. The molecule has 136 valence electrons. The molecule has 6 nitrogen and oxygen atoms in total. The zero-order valence-electron chi connectivity index (χ0n) is 15.0. The van der Waals surface area contributed by atoms with Crippen LogP contribution in [0.15, 0.2) is 36.4 Å². The summed E-state index contributed by atoms with van der Waals surface area (Å²) in [5.74, 6) is -1.52. The lowest BCUT2D eigenvalue weighted by atomic mass is 10.1. The molecular weight excluding hydrogens is 334 g/mol. The summed E-state index contributed by atoms with van der Waals surface area (Å²) in [6.07, 6.45) is 2.87. The van der Waals surface area contributed by atoms with Gasteiger partial charge in [0, 0.05) is 11.8 Å². The lowest BCUT2D eigenvalue weighted by Gasteiger charge is -2.03. The van der Waals surface area contributed by atoms with Crippen molar-refractivity contribution in [3.8, 4) is 0 Å². The second-order valence-corrected chi connectivity index (χ2v) is 5.62. The summed E-state index contributed by atoms with van der Waals surface area (Å²) in [7, 11) is 0. The summed E-state index contributed by atoms with van der Waals surface area (Å²) in [6, 6.07) is 9.27. The van der Waals surface area contributed by atoms with E-state index in [9.17, 15) is 14.4 Å². The first-order valence-electron chi connectivity index (χ1n) is 8.23. The van der Waals surface area contributed by atoms with E-state index in [1.807, 2.05) is 30.3 Å². The number of ketones is 1. The van der Waals surface area contributed by atoms with Crippen LogP contribution >= 0.6 is 0 Å². The quantitative estimate of drug-likeness (QED) is 0.468. The molecule has 1 N–H and O–H groups in total. The minimum atomic E-state index is -0.617. The van der Waals surface area contributed by atoms with E-state index in [-0.39, 0.29) is 12.3 Å². The van der Waals surface area contributed by atoms with Crippen LogP contribution in [0.5, 0.6) is 0 Å². The fourth-order valence-corrected chi connectivity index (χ4v) is 2.52. The van der Waals surface area contributed by atoms with E-state index in [1.165, 1.54) is 6.08 Å². The van der Waals surface area contributed by atoms with Crippen molar-refractivity contribution in [1.29, 1.82) is 0 Å². The number of hydrogen-bond acceptors (Lipinski definition) is 5. The van der Waals surface area contributed by atoms with Gasteiger partial charge in [-0.15, -0.1) is 0 Å². The maximum atomic E-state index is 12.3. The van der Waals surface area contributed by atoms with E-state index in [4.69, 9.17) is 9.47 Å². The standard InChI is InChI=1S/C20H21NO5/c1-4-25-20(24)18-13(2)19(21-14(18)3)16(22)12-26-17(23)11-10-15-8-6-5-7-9-15/h5-11,21H,4,12H2,1-3H3/b11-10+. The number of ether oxygens (including phenoxy) is 2. The van der Waals surface area contributed by atoms with Gasteiger partial charge in [0.1, 0.15) is 0 Å². The Bertz CT molecular complexity index is 833. The van der Waals surface area contributed by atoms with Gasteiger partial charge < -0.3 is 14.5 Å². The molecule has 0 fully saturated rings. The maximum Gasteiger partial charge on any atom is 0.340 e. The highest BCUT2D eigenvalue weighted by atomic mass is 16.5. The molecular formula is C20H21NO5. The van der Waals surface area contributed by atoms with Gasteiger partial charge in [0.05, 0.1) is 17.9 Å². The van der Waals surface area contributed by atoms with Gasteiger partial charge in [-0.25, -0.2) is 9.59 Å². The van der Waals surface area contributed by atoms with Gasteiger partial charge in [-0.3, -0.25) is 4.79 Å². The van der Waals surface area contributed by atoms with Crippen molar-refractivity contribution in [2.45, 2.75) is 20.8 Å². The number of nitrogens with one attached hydrogen (secondary N) is 1. The largest absolute Gasteiger partial charge is 0.462 e. The number of rotatable bonds is 7. The Balaban J connectivity index is 2.00. The molecule has 0 spiro atoms. The van der Waals surface area contributed by atoms with Crippen LogP contribution in [0.3, 0.4) is 0 Å². The fraction of sp³-hybridized carbons (Fsp3) is 0.250. The van der Waals surface area contributed by atoms with Gasteiger partial charge in [-0.1, -0.05) is 30.3 Å². The average molecular weight is 355 g/mol. The van der Waals surface area contributed by atoms with E-state index in [0.29, 0.717) is 16.8 Å². The molecule has 2 rings (SSSR count). The molecule has 0 amide bonds. The van der Waals surface area contributed by atoms with E-state index in [1.54, 1.807) is 26.8 Å². The molecule has 1 aromatic heterocycles. The van der Waals surface area contributed by atoms with Crippen molar-refractivity contribution in [3.05, 3.63) is 64.5 Å². The molecule has 1 aromatic carbocycles. The van der Waals surface area contributed by atoms with Crippen molar-refractivity contribution in [3.63, 3.8) is 0 Å². The normalized spacial score (nSPS) is 10.7. The SMILES string of the molecule is CCOC(=O)c1c(C)[nH]c(C(=O)COC(=O)/C=C/c2ccccc2)c1C. The highest BCUT2D eigenvalue weighted by Crippen LogP contribution is 2.19. The predicted molar refractivity (Wildman–Crippen MR) is 97.0 cm³/mol. The molecule has 0 aliphatic heterocycles. The molecule has 0 unspecified atom stereocenters. The van der Waals surface area contributed by atoms with Gasteiger partial charge in [-0.05, 0) is 38.0 Å². The van der Waals surface area contributed by atoms with E-state index in [2.05, 4.69) is 4.98 Å². The minimum Gasteiger partial charge on any atom is -0.462 e. The van der Waals surface area contributed by atoms with Gasteiger partial charge in [0.25, 0.3) is 0 Å². The van der Waals surface area contributed by atoms with Crippen molar-refractivity contribution < 1.29 is 23.9 Å². The zero-order valence-corrected chi connectivity index (χ0v) is 15.0. The molecule has 26 heavy (non-hydrogen) atoms. The monoisotopic (exact) mass is 355 g/mol. The molecule has 0 atom stereocenters. The van der Waals surface area contributed by atoms with Crippen molar-refractivity contribution in [2.24, 2.45) is 0 Å². The van der Waals surface area contributed by atoms with Crippen LogP contribution in [0, 0.1) is 13.8 Å². The number of aromatic nitrogens is 1. The number of esters is 2. The average Bonchev–Trinajstić information content (AvgIpc) is 2.93. The molecule has 0 saturated carbocycles. The molecule has 0 radical (unpaired) electrons. The smallest absolute Gasteiger partial charge is 0.340 e. The molecule has 1 heterocycles. The van der Waals surface area contributed by atoms with Crippen LogP contribution in [-0.2, 0) is 14.3 Å². The Morgan fingerprint density at radius 3 is 2.42 bits per heavy atom. The second kappa shape index (κ2) is 8.80. The Labute approximate surface area is 151 Å². The van der Waals surface area contributed by atoms with Crippen LogP contribution in [0.1, 0.15) is 44.6 Å². The molecule has 0 aliphatic carbocycles. The van der Waals surface area contributed by atoms with E-state index in [0.717, 1.165) is 5.56 Å². The molecule has 0 saturated heterocycles. The Morgan fingerprint density at radius 1 is 1.08 bits per heavy atom. The molecule has 2 aromatic rings. The summed E-state index contributed by atoms with van der Waals surface area (Å²) in [5.41, 5.74) is 2.46. The van der Waals surface area contributed by atoms with Gasteiger partial charge >= 0.3 is 11.9 Å². The van der Waals surface area contributed by atoms with Crippen LogP contribution in [-0.4, -0.2) is 35.9 Å². The Morgan fingerprint density at radius 2 is 1.77 bits per heavy atom. The number of benzene rings is 1. The number of Topliss-reactive ketones (excluding diaryl/α,β-unsaturated/α-hetero) is 1. The number of aryl methyl sites for hydroxylation is 1. The molecule has 6 heteroatoms. The molecule has 0 bridgehead atoms. The van der Waals surface area contributed by atoms with Crippen LogP contribution in [0.2, 0.25) is 0 Å². The predicted octanol–water partition coefficient (Wildman–Crippen LogP) is 3.25. The number of carbonyl (C=O) groups excluding carboxylic acids is 3. The number of hydrogen-bond donors (Lipinski definition) is 1. The van der Waals surface area contributed by atoms with Crippen molar-refractivity contribution in [1.82, 2.24) is 4.98 Å². The summed E-state index contributed by atoms with van der Waals surface area (Å²) >= 11 is 0. The summed E-state index contributed by atoms with van der Waals surface area (Å²) in [5, 5.41) is 0. The number of carbonyl (C=O) groups is 3. The first kappa shape index (κ1) is 19.2. The lowest BCUT2D eigenvalue weighted by molar-refractivity contribution is -0.136. The van der Waals surface area contributed by atoms with E-state index >= 15 is 0 Å². The second-order valence-electron chi connectivity index (χ2n) is 5.62. The Hall–Kier alpha value is -3.15. The first-order chi connectivity index (χ1) is 12.4. The zero-order chi connectivity index (χ0) is 19.1. The van der Waals surface area contributed by atoms with Gasteiger partial charge in [0.15, 0.2) is 6.61 Å². The summed E-state index contributed by atoms with van der Waals surface area (Å²) in [4.78, 5) is 38.9. The fourth-order valence-electron chi connectivity index (χ4n) is 2.52. The number of H-pyrrole nitrogens is 1. The van der Waals surface area contributed by atoms with Gasteiger partial charge in [0.2, 0.25) is 5.78 Å². The first-order valence-corrected chi connectivity index (χ1v) is 8.23. The molecule has 0 aliphatic rings. The third-order valence-corrected chi connectivity index (χ3v) is 3.75. The van der Waals surface area contributed by atoms with Gasteiger partial charge in [-0.2, -0.15) is 0 Å².